The van der Waals surface area contributed by atoms with Crippen LogP contribution in [0.4, 0.5) is 35.1 Å². The molecule has 6 rings (SSSR count). The molecule has 0 spiro atoms. The summed E-state index contributed by atoms with van der Waals surface area (Å²) in [4.78, 5) is 60.2. The summed E-state index contributed by atoms with van der Waals surface area (Å²) in [6.07, 6.45) is 2.53. The molecule has 0 bridgehead atoms. The van der Waals surface area contributed by atoms with Crippen LogP contribution >= 0.6 is 79.6 Å². The van der Waals surface area contributed by atoms with Gasteiger partial charge in [0.25, 0.3) is 0 Å². The van der Waals surface area contributed by atoms with Crippen molar-refractivity contribution in [2.75, 3.05) is 49.8 Å². The van der Waals surface area contributed by atoms with Crippen molar-refractivity contribution >= 4 is 122 Å². The Kier molecular flexibility index (Phi) is 51.5. The minimum atomic E-state index is -1.49. The largest absolute Gasteiger partial charge is 1.00 e. The summed E-state index contributed by atoms with van der Waals surface area (Å²) < 4.78 is 139. The smallest absolute Gasteiger partial charge is 0.857 e. The molecule has 2 N–H and O–H groups in total. The van der Waals surface area contributed by atoms with Gasteiger partial charge in [-0.25, -0.2) is 54.3 Å². The molecule has 1 aliphatic rings. The van der Waals surface area contributed by atoms with Crippen LogP contribution in [0.1, 0.15) is 96.3 Å². The topological polar surface area (TPSA) is 231 Å². The van der Waals surface area contributed by atoms with Gasteiger partial charge in [0.1, 0.15) is 69.2 Å². The molecule has 5 aromatic rings. The monoisotopic (exact) mass is 1540 g/mol. The van der Waals surface area contributed by atoms with Gasteiger partial charge < -0.3 is 55.2 Å². The second kappa shape index (κ2) is 47.3. The molecule has 1 fully saturated rings. The van der Waals surface area contributed by atoms with Crippen LogP contribution in [0.2, 0.25) is 0 Å². The first-order valence-electron chi connectivity index (χ1n) is 22.2. The standard InChI is InChI=1S/C15H20BFO5.C9H8BrFO3.C8H5BrF2O2.C7H3BrF2O2.C6H2Br2F2.C4H9.CO2.CH4O.CH3O.CH4.Li.Na/c1-14(2)15(3,4)22-16(21-14)10-8-12(19-5)9(7-11(10)17)13(18)20-6;1-13-8-4-6(10)7(11)3-5(8)9(12)14-2;1-13-8(12)4-2-7(11)5(9)3-6(4)10;8-4-2-5(9)3(7(11)12)1-6(4)10;7-3-1-5(9)4(8)2-6(3)10;1-3-4-2;2-1-3;2*1-2;;;/h7-8H,1-6H3;3-4H,1-2H3;2-3H,1H3;1-2H,(H,11,12);1-2H;1,3-4H2,2H3;;2H,1H3;1H3;1H4;;/q;;;;;-1;;;-1;;2*+1. The summed E-state index contributed by atoms with van der Waals surface area (Å²) in [5.74, 6) is -8.60. The van der Waals surface area contributed by atoms with Crippen molar-refractivity contribution < 1.29 is 161 Å². The maximum absolute atomic E-state index is 14.4. The van der Waals surface area contributed by atoms with E-state index in [0.29, 0.717) is 6.07 Å². The minimum absolute atomic E-state index is 0. The van der Waals surface area contributed by atoms with Crippen molar-refractivity contribution in [3.63, 3.8) is 0 Å². The number of benzene rings is 5. The maximum Gasteiger partial charge on any atom is 1.00 e. The molecule has 1 aliphatic heterocycles. The predicted molar refractivity (Wildman–Crippen MR) is 306 cm³/mol. The van der Waals surface area contributed by atoms with Crippen molar-refractivity contribution in [2.45, 2.75) is 66.1 Å². The first-order valence-corrected chi connectivity index (χ1v) is 26.2. The van der Waals surface area contributed by atoms with Crippen LogP contribution < -0.4 is 68.5 Å². The molecule has 0 atom stereocenters. The van der Waals surface area contributed by atoms with Gasteiger partial charge in [-0.1, -0.05) is 20.8 Å². The molecular weight excluding hydrogens is 1480 g/mol. The van der Waals surface area contributed by atoms with Crippen LogP contribution in [0, 0.1) is 53.5 Å². The van der Waals surface area contributed by atoms with Crippen LogP contribution in [0.5, 0.6) is 11.5 Å². The quantitative estimate of drug-likeness (QED) is 0.0398. The van der Waals surface area contributed by atoms with Gasteiger partial charge in [0, 0.05) is 12.6 Å². The second-order valence-electron chi connectivity index (χ2n) is 15.5. The number of methoxy groups -OCH3 is 5. The van der Waals surface area contributed by atoms with Gasteiger partial charge in [0.2, 0.25) is 0 Å². The van der Waals surface area contributed by atoms with Crippen molar-refractivity contribution in [1.82, 2.24) is 0 Å². The number of hydrogen-bond acceptors (Lipinski definition) is 15. The average molecular weight is 1540 g/mol. The third-order valence-electron chi connectivity index (χ3n) is 9.85. The number of carboxylic acid groups (broad SMARTS) is 1. The molecule has 0 aromatic heterocycles. The summed E-state index contributed by atoms with van der Waals surface area (Å²) in [7, 11) is 7.22. The fourth-order valence-electron chi connectivity index (χ4n) is 5.10. The molecule has 32 heteroatoms. The van der Waals surface area contributed by atoms with E-state index in [2.05, 4.69) is 108 Å². The van der Waals surface area contributed by atoms with Gasteiger partial charge in [-0.2, -0.15) is 23.1 Å². The van der Waals surface area contributed by atoms with Crippen LogP contribution in [0.15, 0.2) is 83.0 Å². The van der Waals surface area contributed by atoms with Crippen molar-refractivity contribution in [3.05, 3.63) is 159 Å². The second-order valence-corrected chi connectivity index (χ2v) is 19.8. The number of halogens is 13. The summed E-state index contributed by atoms with van der Waals surface area (Å²) >= 11 is 14.2. The molecule has 1 heterocycles. The molecule has 5 aromatic carbocycles. The van der Waals surface area contributed by atoms with Gasteiger partial charge in [-0.3, -0.25) is 0 Å². The molecule has 85 heavy (non-hydrogen) atoms. The number of hydrogen-bond donors (Lipinski definition) is 2. The Labute approximate surface area is 564 Å². The Morgan fingerprint density at radius 3 is 1.09 bits per heavy atom. The average Bonchev–Trinajstić information content (AvgIpc) is 3.97. The van der Waals surface area contributed by atoms with E-state index >= 15 is 0 Å². The maximum atomic E-state index is 14.4. The molecule has 1 saturated heterocycles. The van der Waals surface area contributed by atoms with E-state index in [-0.39, 0.29) is 112 Å². The third kappa shape index (κ3) is 30.9. The first kappa shape index (κ1) is 92.5. The number of aliphatic hydroxyl groups is 1. The van der Waals surface area contributed by atoms with E-state index in [1.807, 2.05) is 27.7 Å². The van der Waals surface area contributed by atoms with Gasteiger partial charge in [-0.15, -0.1) is 0 Å². The van der Waals surface area contributed by atoms with Gasteiger partial charge in [0.05, 0.1) is 80.2 Å². The van der Waals surface area contributed by atoms with E-state index in [9.17, 15) is 54.3 Å². The zero-order chi connectivity index (χ0) is 64.6. The number of ether oxygens (including phenoxy) is 5. The number of aliphatic hydroxyl groups excluding tert-OH is 1. The summed E-state index contributed by atoms with van der Waals surface area (Å²) in [5.41, 5.74) is -1.99. The van der Waals surface area contributed by atoms with Crippen molar-refractivity contribution in [2.24, 2.45) is 0 Å². The molecule has 0 radical (unpaired) electrons. The Balaban J connectivity index is -0.000000222. The molecule has 0 unspecified atom stereocenters. The fourth-order valence-corrected chi connectivity index (χ4v) is 6.68. The fraction of sp³-hybridized carbons (Fsp3) is 0.321. The SMILES string of the molecule is C.CO.COC(=O)c1cc(F)c(B2OC(C)(C)C(C)(C)O2)cc1OC.COC(=O)c1cc(F)c(Br)cc1F.COC(=O)c1cc(F)c(Br)cc1OC.C[O-].Fc1cc(Br)c(F)cc1Br.O=C(O)c1cc(F)c(Br)cc1F.O=C=O.[CH2-]CCC.[Li+].[Na+]. The van der Waals surface area contributed by atoms with Gasteiger partial charge in [0.15, 0.2) is 0 Å². The third-order valence-corrected chi connectivity index (χ3v) is 12.9. The zero-order valence-corrected chi connectivity index (χ0v) is 57.4. The number of carbonyl (C=O) groups is 4. The van der Waals surface area contributed by atoms with Crippen molar-refractivity contribution in [1.29, 1.82) is 0 Å². The molecule has 0 amide bonds. The molecule has 16 nitrogen and oxygen atoms in total. The Bertz CT molecular complexity index is 2870. The van der Waals surface area contributed by atoms with Crippen molar-refractivity contribution in [3.8, 4) is 11.5 Å². The van der Waals surface area contributed by atoms with Crippen LogP contribution in [-0.2, 0) is 33.1 Å². The Hall–Kier alpha value is -3.70. The molecule has 462 valence electrons. The number of carboxylic acids is 1. The van der Waals surface area contributed by atoms with Crippen LogP contribution in [-0.4, -0.2) is 108 Å². The molecular formula is C53H58BBr5F8LiNaO16. The molecule has 0 aliphatic carbocycles. The van der Waals surface area contributed by atoms with Gasteiger partial charge in [-0.05, 0) is 168 Å². The molecule has 0 saturated carbocycles. The summed E-state index contributed by atoms with van der Waals surface area (Å²) in [6.45, 7) is 13.2. The number of rotatable bonds is 8. The Morgan fingerprint density at radius 1 is 0.541 bits per heavy atom. The number of carbonyl (C=O) groups excluding carboxylic acids is 5. The minimum Gasteiger partial charge on any atom is -0.857 e. The van der Waals surface area contributed by atoms with Gasteiger partial charge >= 0.3 is 85.6 Å². The summed E-state index contributed by atoms with van der Waals surface area (Å²) in [5, 5.41) is 23.6. The van der Waals surface area contributed by atoms with Crippen LogP contribution in [0.3, 0.4) is 0 Å². The number of unbranched alkanes of at least 4 members (excludes halogenated alkanes) is 1. The van der Waals surface area contributed by atoms with E-state index in [1.54, 1.807) is 0 Å². The van der Waals surface area contributed by atoms with E-state index < -0.39 is 99.9 Å². The normalized spacial score (nSPS) is 11.2. The zero-order valence-electron chi connectivity index (χ0n) is 47.5. The Morgan fingerprint density at radius 2 is 0.788 bits per heavy atom. The first-order chi connectivity index (χ1) is 38.2. The summed E-state index contributed by atoms with van der Waals surface area (Å²) in [6, 6.07) is 10.1. The van der Waals surface area contributed by atoms with Crippen LogP contribution in [0.25, 0.3) is 0 Å². The van der Waals surface area contributed by atoms with E-state index in [0.717, 1.165) is 70.2 Å². The number of aromatic carboxylic acids is 1. The van der Waals surface area contributed by atoms with E-state index in [4.69, 9.17) is 43.7 Å². The number of esters is 3. The van der Waals surface area contributed by atoms with E-state index in [1.165, 1.54) is 47.0 Å². The predicted octanol–water partition coefficient (Wildman–Crippen LogP) is 7.00.